The summed E-state index contributed by atoms with van der Waals surface area (Å²) in [5.74, 6) is 0.726. The molecule has 0 aromatic carbocycles. The van der Waals surface area contributed by atoms with Gasteiger partial charge in [0.25, 0.3) is 6.47 Å². The summed E-state index contributed by atoms with van der Waals surface area (Å²) in [7, 11) is 0. The molecule has 0 saturated heterocycles. The second kappa shape index (κ2) is 4.91. The number of hydrogen-bond acceptors (Lipinski definition) is 3. The molecule has 1 aliphatic rings. The van der Waals surface area contributed by atoms with Crippen LogP contribution in [0.25, 0.3) is 0 Å². The molecule has 0 unspecified atom stereocenters. The number of carbonyl (C=O) groups excluding carboxylic acids is 2. The molecule has 0 aromatic heterocycles. The van der Waals surface area contributed by atoms with Gasteiger partial charge in [0.05, 0.1) is 6.61 Å². The van der Waals surface area contributed by atoms with Gasteiger partial charge in [-0.05, 0) is 31.6 Å². The summed E-state index contributed by atoms with van der Waals surface area (Å²) in [6.07, 6.45) is 4.97. The van der Waals surface area contributed by atoms with Gasteiger partial charge in [-0.25, -0.2) is 0 Å². The predicted molar refractivity (Wildman–Crippen MR) is 43.5 cm³/mol. The van der Waals surface area contributed by atoms with Crippen molar-refractivity contribution in [3.8, 4) is 0 Å². The molecular formula is C9H14O3. The third-order valence-corrected chi connectivity index (χ3v) is 2.48. The molecule has 68 valence electrons. The Morgan fingerprint density at radius 3 is 2.33 bits per heavy atom. The number of rotatable bonds is 4. The van der Waals surface area contributed by atoms with Crippen LogP contribution < -0.4 is 0 Å². The average molecular weight is 170 g/mol. The summed E-state index contributed by atoms with van der Waals surface area (Å²) in [4.78, 5) is 20.3. The first-order valence-corrected chi connectivity index (χ1v) is 4.37. The molecule has 3 heteroatoms. The molecule has 1 saturated carbocycles. The van der Waals surface area contributed by atoms with Crippen molar-refractivity contribution in [2.45, 2.75) is 25.7 Å². The normalized spacial score (nSPS) is 29.3. The summed E-state index contributed by atoms with van der Waals surface area (Å²) in [5.41, 5.74) is 0. The van der Waals surface area contributed by atoms with Crippen molar-refractivity contribution in [1.29, 1.82) is 0 Å². The fourth-order valence-corrected chi connectivity index (χ4v) is 1.67. The van der Waals surface area contributed by atoms with Crippen LogP contribution in [0.2, 0.25) is 0 Å². The largest absolute Gasteiger partial charge is 0.468 e. The van der Waals surface area contributed by atoms with Crippen molar-refractivity contribution in [2.75, 3.05) is 6.61 Å². The predicted octanol–water partition coefficient (Wildman–Crippen LogP) is 1.16. The van der Waals surface area contributed by atoms with Gasteiger partial charge in [-0.3, -0.25) is 4.79 Å². The molecule has 1 rings (SSSR count). The van der Waals surface area contributed by atoms with Gasteiger partial charge >= 0.3 is 0 Å². The van der Waals surface area contributed by atoms with Gasteiger partial charge in [-0.1, -0.05) is 0 Å². The van der Waals surface area contributed by atoms with Gasteiger partial charge in [0, 0.05) is 5.92 Å². The highest BCUT2D eigenvalue weighted by molar-refractivity contribution is 5.53. The third-order valence-electron chi connectivity index (χ3n) is 2.48. The minimum absolute atomic E-state index is 0.248. The molecule has 0 N–H and O–H groups in total. The Kier molecular flexibility index (Phi) is 3.77. The Hall–Kier alpha value is -0.860. The maximum absolute atomic E-state index is 10.4. The van der Waals surface area contributed by atoms with Gasteiger partial charge in [0.1, 0.15) is 6.29 Å². The summed E-state index contributed by atoms with van der Waals surface area (Å²) in [6, 6.07) is 0. The van der Waals surface area contributed by atoms with Crippen molar-refractivity contribution < 1.29 is 14.3 Å². The Morgan fingerprint density at radius 1 is 1.17 bits per heavy atom. The molecule has 3 nitrogen and oxygen atoms in total. The Bertz CT molecular complexity index is 148. The molecule has 1 fully saturated rings. The highest BCUT2D eigenvalue weighted by atomic mass is 16.5. The van der Waals surface area contributed by atoms with Crippen molar-refractivity contribution >= 4 is 12.8 Å². The summed E-state index contributed by atoms with van der Waals surface area (Å²) in [5, 5.41) is 0. The van der Waals surface area contributed by atoms with Crippen molar-refractivity contribution in [3.63, 3.8) is 0 Å². The van der Waals surface area contributed by atoms with E-state index in [4.69, 9.17) is 0 Å². The molecular weight excluding hydrogens is 156 g/mol. The van der Waals surface area contributed by atoms with Crippen LogP contribution in [0, 0.1) is 11.8 Å². The quantitative estimate of drug-likeness (QED) is 0.595. The van der Waals surface area contributed by atoms with E-state index in [0.717, 1.165) is 32.0 Å². The van der Waals surface area contributed by atoms with E-state index in [1.54, 1.807) is 0 Å². The number of ether oxygens (including phenoxy) is 1. The molecule has 0 aromatic rings. The number of hydrogen-bond donors (Lipinski definition) is 0. The molecule has 1 aliphatic carbocycles. The zero-order valence-corrected chi connectivity index (χ0v) is 7.07. The Morgan fingerprint density at radius 2 is 1.83 bits per heavy atom. The maximum Gasteiger partial charge on any atom is 0.293 e. The van der Waals surface area contributed by atoms with Gasteiger partial charge in [0.2, 0.25) is 0 Å². The zero-order valence-electron chi connectivity index (χ0n) is 7.07. The van der Waals surface area contributed by atoms with Crippen LogP contribution >= 0.6 is 0 Å². The van der Waals surface area contributed by atoms with E-state index in [1.165, 1.54) is 0 Å². The number of aldehydes is 1. The average Bonchev–Trinajstić information content (AvgIpc) is 2.15. The summed E-state index contributed by atoms with van der Waals surface area (Å²) >= 11 is 0. The standard InChI is InChI=1S/C9H14O3/c10-5-8-1-3-9(4-2-8)6-12-7-11/h5,7-9H,1-4,6H2. The van der Waals surface area contributed by atoms with E-state index in [2.05, 4.69) is 4.74 Å². The van der Waals surface area contributed by atoms with Gasteiger partial charge in [0.15, 0.2) is 0 Å². The first kappa shape index (κ1) is 9.23. The summed E-state index contributed by atoms with van der Waals surface area (Å²) < 4.78 is 4.67. The van der Waals surface area contributed by atoms with E-state index < -0.39 is 0 Å². The second-order valence-electron chi connectivity index (χ2n) is 3.35. The lowest BCUT2D eigenvalue weighted by Crippen LogP contribution is -2.19. The van der Waals surface area contributed by atoms with E-state index in [-0.39, 0.29) is 5.92 Å². The maximum atomic E-state index is 10.4. The van der Waals surface area contributed by atoms with Gasteiger partial charge in [-0.2, -0.15) is 0 Å². The monoisotopic (exact) mass is 170 g/mol. The minimum Gasteiger partial charge on any atom is -0.468 e. The van der Waals surface area contributed by atoms with Crippen LogP contribution in [-0.4, -0.2) is 19.4 Å². The highest BCUT2D eigenvalue weighted by Crippen LogP contribution is 2.27. The molecule has 0 bridgehead atoms. The van der Waals surface area contributed by atoms with Crippen LogP contribution in [0.1, 0.15) is 25.7 Å². The van der Waals surface area contributed by atoms with Gasteiger partial charge in [-0.15, -0.1) is 0 Å². The Balaban J connectivity index is 2.16. The van der Waals surface area contributed by atoms with E-state index in [0.29, 0.717) is 19.0 Å². The zero-order chi connectivity index (χ0) is 8.81. The number of carbonyl (C=O) groups is 2. The molecule has 12 heavy (non-hydrogen) atoms. The summed E-state index contributed by atoms with van der Waals surface area (Å²) in [6.45, 7) is 1.01. The highest BCUT2D eigenvalue weighted by Gasteiger charge is 2.20. The Labute approximate surface area is 72.1 Å². The van der Waals surface area contributed by atoms with Gasteiger partial charge < -0.3 is 9.53 Å². The van der Waals surface area contributed by atoms with Crippen molar-refractivity contribution in [1.82, 2.24) is 0 Å². The lowest BCUT2D eigenvalue weighted by Gasteiger charge is -2.24. The second-order valence-corrected chi connectivity index (χ2v) is 3.35. The van der Waals surface area contributed by atoms with Crippen molar-refractivity contribution in [2.24, 2.45) is 11.8 Å². The lowest BCUT2D eigenvalue weighted by atomic mass is 9.83. The van der Waals surface area contributed by atoms with Crippen LogP contribution in [0.5, 0.6) is 0 Å². The van der Waals surface area contributed by atoms with E-state index in [1.807, 2.05) is 0 Å². The molecule has 0 amide bonds. The molecule has 0 atom stereocenters. The van der Waals surface area contributed by atoms with Crippen LogP contribution in [-0.2, 0) is 14.3 Å². The molecule has 0 radical (unpaired) electrons. The first-order valence-electron chi connectivity index (χ1n) is 4.37. The van der Waals surface area contributed by atoms with Crippen LogP contribution in [0.3, 0.4) is 0 Å². The SMILES string of the molecule is O=COCC1CCC(C=O)CC1. The molecule has 0 aliphatic heterocycles. The molecule has 0 spiro atoms. The lowest BCUT2D eigenvalue weighted by molar-refractivity contribution is -0.130. The van der Waals surface area contributed by atoms with Crippen LogP contribution in [0.15, 0.2) is 0 Å². The first-order chi connectivity index (χ1) is 5.86. The van der Waals surface area contributed by atoms with E-state index in [9.17, 15) is 9.59 Å². The van der Waals surface area contributed by atoms with Crippen LogP contribution in [0.4, 0.5) is 0 Å². The van der Waals surface area contributed by atoms with Crippen molar-refractivity contribution in [3.05, 3.63) is 0 Å². The third kappa shape index (κ3) is 2.64. The minimum atomic E-state index is 0.248. The smallest absolute Gasteiger partial charge is 0.293 e. The van der Waals surface area contributed by atoms with E-state index >= 15 is 0 Å². The fourth-order valence-electron chi connectivity index (χ4n) is 1.67. The fraction of sp³-hybridized carbons (Fsp3) is 0.778. The molecule has 0 heterocycles. The topological polar surface area (TPSA) is 43.4 Å².